The number of nitrogens with one attached hydrogen (secondary N) is 1. The number of fused-ring (bicyclic) bond motifs is 2. The molecule has 3 aromatic rings. The third-order valence-corrected chi connectivity index (χ3v) is 8.04. The Morgan fingerprint density at radius 3 is 2.39 bits per heavy atom. The summed E-state index contributed by atoms with van der Waals surface area (Å²) in [5.41, 5.74) is 5.40. The van der Waals surface area contributed by atoms with Gasteiger partial charge in [0, 0.05) is 30.4 Å². The van der Waals surface area contributed by atoms with Gasteiger partial charge in [-0.3, -0.25) is 4.79 Å². The molecule has 3 aromatic carbocycles. The molecule has 0 bridgehead atoms. The fourth-order valence-corrected chi connectivity index (χ4v) is 5.83. The van der Waals surface area contributed by atoms with Gasteiger partial charge >= 0.3 is 5.97 Å². The van der Waals surface area contributed by atoms with Gasteiger partial charge in [-0.05, 0) is 71.8 Å². The average Bonchev–Trinajstić information content (AvgIpc) is 3.20. The van der Waals surface area contributed by atoms with E-state index in [4.69, 9.17) is 14.2 Å². The molecule has 0 amide bonds. The highest BCUT2D eigenvalue weighted by atomic mass is 127. The molecular formula is C30H25BrINO5. The SMILES string of the molecule is CCOc1cc([C@@H]2C(C(=O)OC)=C(C)NC3=C2C(=O)c2ccccc23)c(Br)cc1OCc1ccc(I)cc1. The summed E-state index contributed by atoms with van der Waals surface area (Å²) in [6.07, 6.45) is 0. The van der Waals surface area contributed by atoms with E-state index in [2.05, 4.69) is 43.8 Å². The highest BCUT2D eigenvalue weighted by Gasteiger charge is 2.43. The highest BCUT2D eigenvalue weighted by Crippen LogP contribution is 2.50. The van der Waals surface area contributed by atoms with Crippen LogP contribution in [0.4, 0.5) is 0 Å². The zero-order chi connectivity index (χ0) is 27.0. The lowest BCUT2D eigenvalue weighted by Crippen LogP contribution is -2.29. The van der Waals surface area contributed by atoms with E-state index < -0.39 is 11.9 Å². The number of carbonyl (C=O) groups is 2. The highest BCUT2D eigenvalue weighted by molar-refractivity contribution is 14.1. The van der Waals surface area contributed by atoms with Gasteiger partial charge in [-0.15, -0.1) is 0 Å². The zero-order valence-corrected chi connectivity index (χ0v) is 24.8. The number of ketones is 1. The third kappa shape index (κ3) is 4.75. The van der Waals surface area contributed by atoms with Crippen LogP contribution >= 0.6 is 38.5 Å². The maximum Gasteiger partial charge on any atom is 0.336 e. The number of methoxy groups -OCH3 is 1. The monoisotopic (exact) mass is 685 g/mol. The molecule has 0 spiro atoms. The van der Waals surface area contributed by atoms with Crippen molar-refractivity contribution in [1.82, 2.24) is 5.32 Å². The molecule has 0 aromatic heterocycles. The first kappa shape index (κ1) is 26.5. The lowest BCUT2D eigenvalue weighted by molar-refractivity contribution is -0.136. The van der Waals surface area contributed by atoms with Gasteiger partial charge in [0.05, 0.1) is 30.9 Å². The molecule has 0 saturated carbocycles. The molecule has 6 nitrogen and oxygen atoms in total. The van der Waals surface area contributed by atoms with Gasteiger partial charge in [0.25, 0.3) is 0 Å². The van der Waals surface area contributed by atoms with Crippen molar-refractivity contribution in [3.63, 3.8) is 0 Å². The quantitative estimate of drug-likeness (QED) is 0.219. The predicted molar refractivity (Wildman–Crippen MR) is 157 cm³/mol. The van der Waals surface area contributed by atoms with E-state index in [0.717, 1.165) is 14.7 Å². The van der Waals surface area contributed by atoms with Crippen molar-refractivity contribution in [2.24, 2.45) is 0 Å². The van der Waals surface area contributed by atoms with Crippen LogP contribution in [0.1, 0.15) is 46.8 Å². The lowest BCUT2D eigenvalue weighted by Gasteiger charge is -2.30. The Morgan fingerprint density at radius 1 is 1.03 bits per heavy atom. The number of rotatable bonds is 7. The van der Waals surface area contributed by atoms with E-state index in [0.29, 0.717) is 62.9 Å². The second kappa shape index (κ2) is 10.9. The topological polar surface area (TPSA) is 73.9 Å². The van der Waals surface area contributed by atoms with Crippen LogP contribution in [0.15, 0.2) is 82.0 Å². The number of allylic oxidation sites excluding steroid dienone is 2. The van der Waals surface area contributed by atoms with Gasteiger partial charge in [-0.1, -0.05) is 52.3 Å². The van der Waals surface area contributed by atoms with E-state index in [1.807, 2.05) is 74.5 Å². The Balaban J connectivity index is 1.61. The first-order valence-electron chi connectivity index (χ1n) is 12.1. The Morgan fingerprint density at radius 2 is 1.71 bits per heavy atom. The smallest absolute Gasteiger partial charge is 0.336 e. The molecule has 1 aliphatic heterocycles. The standard InChI is InChI=1S/C30H25BrINO5/c1-4-37-23-13-21(22(31)14-24(23)38-15-17-9-11-18(32)12-10-17)26-25(30(35)36-3)16(2)33-28-19-7-5-6-8-20(19)29(34)27(26)28/h5-14,26,33H,4,15H2,1-3H3/t26-/m1/s1. The predicted octanol–water partition coefficient (Wildman–Crippen LogP) is 6.77. The fourth-order valence-electron chi connectivity index (χ4n) is 4.92. The molecule has 0 radical (unpaired) electrons. The molecule has 1 atom stereocenters. The number of Topliss-reactive ketones (excluding diaryl/α,β-unsaturated/α-hetero) is 1. The number of hydrogen-bond acceptors (Lipinski definition) is 6. The van der Waals surface area contributed by atoms with Crippen molar-refractivity contribution in [3.05, 3.63) is 108 Å². The summed E-state index contributed by atoms with van der Waals surface area (Å²) in [4.78, 5) is 26.8. The summed E-state index contributed by atoms with van der Waals surface area (Å²) < 4.78 is 19.2. The zero-order valence-electron chi connectivity index (χ0n) is 21.1. The van der Waals surface area contributed by atoms with Crippen LogP contribution in [0.5, 0.6) is 11.5 Å². The summed E-state index contributed by atoms with van der Waals surface area (Å²) in [5.74, 6) is -0.199. The summed E-state index contributed by atoms with van der Waals surface area (Å²) in [6.45, 7) is 4.51. The maximum absolute atomic E-state index is 13.7. The number of benzene rings is 3. The lowest BCUT2D eigenvalue weighted by atomic mass is 9.79. The number of hydrogen-bond donors (Lipinski definition) is 1. The Bertz CT molecular complexity index is 1510. The first-order valence-corrected chi connectivity index (χ1v) is 14.0. The van der Waals surface area contributed by atoms with Crippen LogP contribution in [0, 0.1) is 3.57 Å². The third-order valence-electron chi connectivity index (χ3n) is 6.64. The minimum atomic E-state index is -0.669. The van der Waals surface area contributed by atoms with Gasteiger partial charge in [0.15, 0.2) is 17.3 Å². The molecule has 38 heavy (non-hydrogen) atoms. The van der Waals surface area contributed by atoms with Crippen molar-refractivity contribution in [2.45, 2.75) is 26.4 Å². The van der Waals surface area contributed by atoms with E-state index >= 15 is 0 Å². The van der Waals surface area contributed by atoms with Crippen molar-refractivity contribution in [3.8, 4) is 11.5 Å². The van der Waals surface area contributed by atoms with E-state index in [9.17, 15) is 9.59 Å². The second-order valence-electron chi connectivity index (χ2n) is 8.92. The minimum absolute atomic E-state index is 0.120. The molecule has 2 aliphatic rings. The molecule has 8 heteroatoms. The maximum atomic E-state index is 13.7. The number of ether oxygens (including phenoxy) is 3. The van der Waals surface area contributed by atoms with E-state index in [-0.39, 0.29) is 5.78 Å². The van der Waals surface area contributed by atoms with Gasteiger partial charge in [-0.2, -0.15) is 0 Å². The Labute approximate surface area is 243 Å². The summed E-state index contributed by atoms with van der Waals surface area (Å²) >= 11 is 5.98. The molecule has 0 saturated heterocycles. The van der Waals surface area contributed by atoms with Crippen LogP contribution in [-0.4, -0.2) is 25.5 Å². The van der Waals surface area contributed by atoms with Gasteiger partial charge in [0.2, 0.25) is 0 Å². The van der Waals surface area contributed by atoms with Crippen molar-refractivity contribution in [2.75, 3.05) is 13.7 Å². The molecular weight excluding hydrogens is 661 g/mol. The van der Waals surface area contributed by atoms with E-state index in [1.165, 1.54) is 7.11 Å². The number of dihydropyridines is 1. The molecule has 1 N–H and O–H groups in total. The summed E-state index contributed by atoms with van der Waals surface area (Å²) in [6, 6.07) is 19.3. The number of halogens is 2. The summed E-state index contributed by atoms with van der Waals surface area (Å²) in [5, 5.41) is 3.31. The normalized spacial score (nSPS) is 16.1. The number of carbonyl (C=O) groups excluding carboxylic acids is 2. The van der Waals surface area contributed by atoms with Crippen LogP contribution in [-0.2, 0) is 16.1 Å². The largest absolute Gasteiger partial charge is 0.490 e. The molecule has 0 unspecified atom stereocenters. The first-order chi connectivity index (χ1) is 18.3. The number of esters is 1. The average molecular weight is 686 g/mol. The van der Waals surface area contributed by atoms with Gasteiger partial charge < -0.3 is 19.5 Å². The van der Waals surface area contributed by atoms with E-state index in [1.54, 1.807) is 0 Å². The van der Waals surface area contributed by atoms with Crippen molar-refractivity contribution in [1.29, 1.82) is 0 Å². The Kier molecular flexibility index (Phi) is 7.63. The van der Waals surface area contributed by atoms with Crippen molar-refractivity contribution < 1.29 is 23.8 Å². The molecule has 0 fully saturated rings. The van der Waals surface area contributed by atoms with Gasteiger partial charge in [0.1, 0.15) is 6.61 Å². The second-order valence-corrected chi connectivity index (χ2v) is 11.0. The van der Waals surface area contributed by atoms with Crippen LogP contribution in [0.2, 0.25) is 0 Å². The Hall–Kier alpha value is -3.11. The van der Waals surface area contributed by atoms with Crippen LogP contribution in [0.25, 0.3) is 5.70 Å². The van der Waals surface area contributed by atoms with Crippen LogP contribution in [0.3, 0.4) is 0 Å². The molecule has 5 rings (SSSR count). The summed E-state index contributed by atoms with van der Waals surface area (Å²) in [7, 11) is 1.34. The minimum Gasteiger partial charge on any atom is -0.490 e. The molecule has 194 valence electrons. The fraction of sp³-hybridized carbons (Fsp3) is 0.200. The van der Waals surface area contributed by atoms with Gasteiger partial charge in [-0.25, -0.2) is 4.79 Å². The molecule has 1 aliphatic carbocycles. The molecule has 1 heterocycles. The van der Waals surface area contributed by atoms with Crippen LogP contribution < -0.4 is 14.8 Å². The van der Waals surface area contributed by atoms with Crippen molar-refractivity contribution >= 4 is 56.0 Å².